The highest BCUT2D eigenvalue weighted by Gasteiger charge is 2.30. The summed E-state index contributed by atoms with van der Waals surface area (Å²) in [5.41, 5.74) is 0.491. The largest absolute Gasteiger partial charge is 0.354 e. The Bertz CT molecular complexity index is 738. The maximum absolute atomic E-state index is 14.1. The number of rotatable bonds is 3. The molecule has 0 bridgehead atoms. The summed E-state index contributed by atoms with van der Waals surface area (Å²) in [5.74, 6) is -0.776. The van der Waals surface area contributed by atoms with E-state index in [0.29, 0.717) is 24.3 Å². The van der Waals surface area contributed by atoms with Crippen molar-refractivity contribution in [3.05, 3.63) is 53.5 Å². The molecule has 0 spiro atoms. The topological polar surface area (TPSA) is 58.1 Å². The highest BCUT2D eigenvalue weighted by Crippen LogP contribution is 2.36. The van der Waals surface area contributed by atoms with Gasteiger partial charge in [0.1, 0.15) is 23.1 Å². The lowest BCUT2D eigenvalue weighted by atomic mass is 10.0. The molecule has 1 amide bonds. The zero-order valence-corrected chi connectivity index (χ0v) is 12.6. The third-order valence-corrected chi connectivity index (χ3v) is 3.95. The van der Waals surface area contributed by atoms with Crippen LogP contribution in [0.2, 0.25) is 0 Å². The fraction of sp³-hybridized carbons (Fsp3) is 0.312. The average Bonchev–Trinajstić information content (AvgIpc) is 3.06. The molecule has 1 aliphatic heterocycles. The van der Waals surface area contributed by atoms with Crippen LogP contribution in [0.15, 0.2) is 30.6 Å². The normalized spacial score (nSPS) is 17.3. The third-order valence-electron chi connectivity index (χ3n) is 3.95. The Labute approximate surface area is 132 Å². The van der Waals surface area contributed by atoms with Gasteiger partial charge >= 0.3 is 0 Å². The first-order chi connectivity index (χ1) is 11.1. The Kier molecular flexibility index (Phi) is 4.18. The number of hydrogen-bond donors (Lipinski definition) is 1. The first-order valence-corrected chi connectivity index (χ1v) is 7.36. The average molecular weight is 318 g/mol. The highest BCUT2D eigenvalue weighted by molar-refractivity contribution is 5.92. The third kappa shape index (κ3) is 2.99. The van der Waals surface area contributed by atoms with E-state index in [4.69, 9.17) is 0 Å². The first kappa shape index (κ1) is 15.3. The zero-order chi connectivity index (χ0) is 16.4. The summed E-state index contributed by atoms with van der Waals surface area (Å²) >= 11 is 0. The molecule has 5 nitrogen and oxygen atoms in total. The van der Waals surface area contributed by atoms with Crippen LogP contribution < -0.4 is 10.2 Å². The summed E-state index contributed by atoms with van der Waals surface area (Å²) < 4.78 is 27.6. The minimum atomic E-state index is -0.474. The van der Waals surface area contributed by atoms with Gasteiger partial charge < -0.3 is 10.2 Å². The Morgan fingerprint density at radius 1 is 1.35 bits per heavy atom. The van der Waals surface area contributed by atoms with Gasteiger partial charge in [-0.15, -0.1) is 0 Å². The second kappa shape index (κ2) is 6.28. The Morgan fingerprint density at radius 3 is 2.96 bits per heavy atom. The number of anilines is 1. The van der Waals surface area contributed by atoms with Crippen molar-refractivity contribution in [1.82, 2.24) is 15.3 Å². The number of hydrogen-bond acceptors (Lipinski definition) is 4. The molecular weight excluding hydrogens is 302 g/mol. The van der Waals surface area contributed by atoms with Gasteiger partial charge in [0.05, 0.1) is 18.4 Å². The van der Waals surface area contributed by atoms with Gasteiger partial charge in [-0.1, -0.05) is 0 Å². The molecule has 0 radical (unpaired) electrons. The summed E-state index contributed by atoms with van der Waals surface area (Å²) in [6, 6.07) is 3.13. The summed E-state index contributed by atoms with van der Waals surface area (Å²) in [5, 5.41) is 2.49. The van der Waals surface area contributed by atoms with Gasteiger partial charge in [0.25, 0.3) is 5.91 Å². The molecule has 3 rings (SSSR count). The van der Waals surface area contributed by atoms with Gasteiger partial charge in [-0.3, -0.25) is 9.78 Å². The smallest absolute Gasteiger partial charge is 0.271 e. The van der Waals surface area contributed by atoms with Crippen molar-refractivity contribution in [3.8, 4) is 0 Å². The van der Waals surface area contributed by atoms with E-state index in [1.54, 1.807) is 0 Å². The van der Waals surface area contributed by atoms with E-state index in [0.717, 1.165) is 18.6 Å². The monoisotopic (exact) mass is 318 g/mol. The van der Waals surface area contributed by atoms with Crippen LogP contribution in [0.4, 0.5) is 14.6 Å². The van der Waals surface area contributed by atoms with E-state index in [9.17, 15) is 13.6 Å². The van der Waals surface area contributed by atoms with Crippen LogP contribution >= 0.6 is 0 Å². The lowest BCUT2D eigenvalue weighted by Gasteiger charge is -2.26. The van der Waals surface area contributed by atoms with E-state index >= 15 is 0 Å². The molecule has 1 aromatic heterocycles. The number of carbonyl (C=O) groups excluding carboxylic acids is 1. The molecule has 1 fully saturated rings. The Morgan fingerprint density at radius 2 is 2.17 bits per heavy atom. The molecule has 2 aromatic rings. The first-order valence-electron chi connectivity index (χ1n) is 7.36. The molecule has 1 aromatic carbocycles. The van der Waals surface area contributed by atoms with Crippen LogP contribution in [0.3, 0.4) is 0 Å². The van der Waals surface area contributed by atoms with Crippen LogP contribution in [0.5, 0.6) is 0 Å². The second-order valence-corrected chi connectivity index (χ2v) is 5.36. The summed E-state index contributed by atoms with van der Waals surface area (Å²) in [6.07, 6.45) is 4.41. The zero-order valence-electron chi connectivity index (χ0n) is 12.6. The van der Waals surface area contributed by atoms with E-state index in [2.05, 4.69) is 15.3 Å². The minimum absolute atomic E-state index is 0.190. The van der Waals surface area contributed by atoms with Crippen LogP contribution in [0.25, 0.3) is 0 Å². The SMILES string of the molecule is CNC(=O)c1cncc(N2CCCC2c2cc(F)ccc2F)n1. The van der Waals surface area contributed by atoms with Gasteiger partial charge in [0.2, 0.25) is 0 Å². The van der Waals surface area contributed by atoms with E-state index in [-0.39, 0.29) is 17.6 Å². The standard InChI is InChI=1S/C16H16F2N4O/c1-19-16(23)13-8-20-9-15(21-13)22-6-2-3-14(22)11-7-10(17)4-5-12(11)18/h4-5,7-9,14H,2-3,6H2,1H3,(H,19,23). The van der Waals surface area contributed by atoms with Crippen molar-refractivity contribution < 1.29 is 13.6 Å². The van der Waals surface area contributed by atoms with Crippen LogP contribution in [-0.4, -0.2) is 29.5 Å². The highest BCUT2D eigenvalue weighted by atomic mass is 19.1. The molecule has 120 valence electrons. The molecule has 1 unspecified atom stereocenters. The van der Waals surface area contributed by atoms with Crippen molar-refractivity contribution in [2.75, 3.05) is 18.5 Å². The van der Waals surface area contributed by atoms with Crippen molar-refractivity contribution >= 4 is 11.7 Å². The minimum Gasteiger partial charge on any atom is -0.354 e. The maximum atomic E-state index is 14.1. The number of amides is 1. The summed E-state index contributed by atoms with van der Waals surface area (Å²) in [6.45, 7) is 0.645. The van der Waals surface area contributed by atoms with Crippen molar-refractivity contribution in [2.45, 2.75) is 18.9 Å². The van der Waals surface area contributed by atoms with E-state index in [1.807, 2.05) is 4.90 Å². The van der Waals surface area contributed by atoms with Crippen molar-refractivity contribution in [3.63, 3.8) is 0 Å². The van der Waals surface area contributed by atoms with Gasteiger partial charge in [0.15, 0.2) is 0 Å². The van der Waals surface area contributed by atoms with Gasteiger partial charge in [-0.05, 0) is 31.0 Å². The molecule has 23 heavy (non-hydrogen) atoms. The molecule has 1 saturated heterocycles. The number of benzene rings is 1. The number of aromatic nitrogens is 2. The molecule has 1 N–H and O–H groups in total. The second-order valence-electron chi connectivity index (χ2n) is 5.36. The maximum Gasteiger partial charge on any atom is 0.271 e. The number of carbonyl (C=O) groups is 1. The molecule has 0 aliphatic carbocycles. The van der Waals surface area contributed by atoms with Crippen LogP contribution in [0, 0.1) is 11.6 Å². The quantitative estimate of drug-likeness (QED) is 0.944. The number of halogens is 2. The van der Waals surface area contributed by atoms with Crippen LogP contribution in [-0.2, 0) is 0 Å². The lowest BCUT2D eigenvalue weighted by molar-refractivity contribution is 0.0958. The predicted molar refractivity (Wildman–Crippen MR) is 81.1 cm³/mol. The van der Waals surface area contributed by atoms with E-state index in [1.165, 1.54) is 25.5 Å². The summed E-state index contributed by atoms with van der Waals surface area (Å²) in [4.78, 5) is 21.9. The Balaban J connectivity index is 1.96. The molecule has 2 heterocycles. The van der Waals surface area contributed by atoms with E-state index < -0.39 is 11.6 Å². The van der Waals surface area contributed by atoms with Crippen molar-refractivity contribution in [1.29, 1.82) is 0 Å². The summed E-state index contributed by atoms with van der Waals surface area (Å²) in [7, 11) is 1.51. The lowest BCUT2D eigenvalue weighted by Crippen LogP contribution is -2.26. The molecule has 1 aliphatic rings. The van der Waals surface area contributed by atoms with Crippen LogP contribution in [0.1, 0.15) is 34.9 Å². The number of nitrogens with zero attached hydrogens (tertiary/aromatic N) is 3. The predicted octanol–water partition coefficient (Wildman–Crippen LogP) is 2.46. The van der Waals surface area contributed by atoms with Gasteiger partial charge in [-0.2, -0.15) is 0 Å². The Hall–Kier alpha value is -2.57. The van der Waals surface area contributed by atoms with Gasteiger partial charge in [-0.25, -0.2) is 13.8 Å². The molecule has 7 heteroatoms. The number of nitrogens with one attached hydrogen (secondary N) is 1. The molecule has 0 saturated carbocycles. The molecule has 1 atom stereocenters. The fourth-order valence-electron chi connectivity index (χ4n) is 2.87. The van der Waals surface area contributed by atoms with Gasteiger partial charge in [0, 0.05) is 19.2 Å². The van der Waals surface area contributed by atoms with Crippen molar-refractivity contribution in [2.24, 2.45) is 0 Å². The fourth-order valence-corrected chi connectivity index (χ4v) is 2.87. The molecular formula is C16H16F2N4O.